The largest absolute Gasteiger partial charge is 0.269 e. The molecule has 0 fully saturated rings. The molecule has 0 atom stereocenters. The van der Waals surface area contributed by atoms with Gasteiger partial charge in [-0.05, 0) is 32.3 Å². The number of rotatable bonds is 0. The zero-order chi connectivity index (χ0) is 8.39. The van der Waals surface area contributed by atoms with E-state index in [1.165, 1.54) is 43.5 Å². The highest BCUT2D eigenvalue weighted by Gasteiger charge is 2.07. The molecule has 1 aliphatic heterocycles. The summed E-state index contributed by atoms with van der Waals surface area (Å²) in [5.41, 5.74) is 2.61. The van der Waals surface area contributed by atoms with E-state index in [0.717, 1.165) is 6.54 Å². The number of fused-ring (bicyclic) bond motifs is 1. The van der Waals surface area contributed by atoms with Crippen molar-refractivity contribution in [2.45, 2.75) is 45.6 Å². The zero-order valence-corrected chi connectivity index (χ0v) is 7.71. The van der Waals surface area contributed by atoms with Crippen LogP contribution in [0.1, 0.15) is 37.1 Å². The molecule has 2 rings (SSSR count). The summed E-state index contributed by atoms with van der Waals surface area (Å²) in [7, 11) is 0. The van der Waals surface area contributed by atoms with Gasteiger partial charge in [-0.25, -0.2) is 0 Å². The first-order valence-electron chi connectivity index (χ1n) is 4.89. The van der Waals surface area contributed by atoms with Crippen LogP contribution in [0.2, 0.25) is 0 Å². The van der Waals surface area contributed by atoms with Gasteiger partial charge in [-0.2, -0.15) is 5.10 Å². The molecule has 2 heterocycles. The zero-order valence-electron chi connectivity index (χ0n) is 7.71. The lowest BCUT2D eigenvalue weighted by molar-refractivity contribution is 0.485. The van der Waals surface area contributed by atoms with Gasteiger partial charge in [-0.3, -0.25) is 4.68 Å². The second-order valence-corrected chi connectivity index (χ2v) is 3.66. The van der Waals surface area contributed by atoms with Gasteiger partial charge in [0.2, 0.25) is 0 Å². The fraction of sp³-hybridized carbons (Fsp3) is 0.700. The molecule has 66 valence electrons. The highest BCUT2D eigenvalue weighted by atomic mass is 15.3. The van der Waals surface area contributed by atoms with Gasteiger partial charge in [0.1, 0.15) is 0 Å². The maximum atomic E-state index is 4.47. The van der Waals surface area contributed by atoms with Gasteiger partial charge >= 0.3 is 0 Å². The number of hydrogen-bond acceptors (Lipinski definition) is 1. The Balaban J connectivity index is 2.23. The lowest BCUT2D eigenvalue weighted by atomic mass is 10.1. The summed E-state index contributed by atoms with van der Waals surface area (Å²) in [5, 5.41) is 4.47. The third-order valence-corrected chi connectivity index (χ3v) is 2.54. The monoisotopic (exact) mass is 164 g/mol. The summed E-state index contributed by atoms with van der Waals surface area (Å²) >= 11 is 0. The van der Waals surface area contributed by atoms with Gasteiger partial charge in [0.25, 0.3) is 0 Å². The normalized spacial score (nSPS) is 18.1. The van der Waals surface area contributed by atoms with Crippen LogP contribution in [0.25, 0.3) is 0 Å². The predicted octanol–water partition coefficient (Wildman–Crippen LogP) is 2.31. The van der Waals surface area contributed by atoms with E-state index in [2.05, 4.69) is 22.8 Å². The maximum Gasteiger partial charge on any atom is 0.0596 e. The Morgan fingerprint density at radius 2 is 2.08 bits per heavy atom. The average molecular weight is 164 g/mol. The van der Waals surface area contributed by atoms with Crippen molar-refractivity contribution in [2.75, 3.05) is 0 Å². The third-order valence-electron chi connectivity index (χ3n) is 2.54. The first kappa shape index (κ1) is 7.84. The summed E-state index contributed by atoms with van der Waals surface area (Å²) in [6, 6.07) is 2.23. The molecule has 0 bridgehead atoms. The van der Waals surface area contributed by atoms with Crippen LogP contribution >= 0.6 is 0 Å². The summed E-state index contributed by atoms with van der Waals surface area (Å²) < 4.78 is 2.19. The molecule has 0 radical (unpaired) electrons. The maximum absolute atomic E-state index is 4.47. The Labute approximate surface area is 73.6 Å². The van der Waals surface area contributed by atoms with Crippen LogP contribution in [0.15, 0.2) is 6.07 Å². The molecule has 0 saturated carbocycles. The molecule has 0 saturated heterocycles. The second kappa shape index (κ2) is 3.30. The van der Waals surface area contributed by atoms with Crippen LogP contribution in [0.4, 0.5) is 0 Å². The molecular weight excluding hydrogens is 148 g/mol. The minimum absolute atomic E-state index is 1.13. The van der Waals surface area contributed by atoms with Gasteiger partial charge < -0.3 is 0 Å². The first-order valence-corrected chi connectivity index (χ1v) is 4.89. The minimum Gasteiger partial charge on any atom is -0.269 e. The number of nitrogens with zero attached hydrogens (tertiary/aromatic N) is 2. The van der Waals surface area contributed by atoms with Crippen molar-refractivity contribution in [2.24, 2.45) is 0 Å². The van der Waals surface area contributed by atoms with Crippen molar-refractivity contribution in [1.29, 1.82) is 0 Å². The topological polar surface area (TPSA) is 17.8 Å². The standard InChI is InChI=1S/C10H16N2/c1-9-8-10-6-4-2-3-5-7-12(10)11-9/h8H,2-7H2,1H3. The van der Waals surface area contributed by atoms with Crippen molar-refractivity contribution >= 4 is 0 Å². The second-order valence-electron chi connectivity index (χ2n) is 3.66. The molecule has 0 N–H and O–H groups in total. The Morgan fingerprint density at radius 3 is 3.00 bits per heavy atom. The number of aryl methyl sites for hydroxylation is 3. The quantitative estimate of drug-likeness (QED) is 0.575. The lowest BCUT2D eigenvalue weighted by Gasteiger charge is -2.10. The molecule has 2 nitrogen and oxygen atoms in total. The van der Waals surface area contributed by atoms with E-state index in [4.69, 9.17) is 0 Å². The van der Waals surface area contributed by atoms with Crippen LogP contribution in [0, 0.1) is 6.92 Å². The Morgan fingerprint density at radius 1 is 1.25 bits per heavy atom. The van der Waals surface area contributed by atoms with Crippen molar-refractivity contribution in [3.63, 3.8) is 0 Å². The summed E-state index contributed by atoms with van der Waals surface area (Å²) in [6.07, 6.45) is 6.63. The Hall–Kier alpha value is -0.790. The fourth-order valence-corrected chi connectivity index (χ4v) is 1.92. The smallest absolute Gasteiger partial charge is 0.0596 e. The molecule has 0 aliphatic carbocycles. The van der Waals surface area contributed by atoms with Crippen LogP contribution in [-0.4, -0.2) is 9.78 Å². The summed E-state index contributed by atoms with van der Waals surface area (Å²) in [6.45, 7) is 3.21. The van der Waals surface area contributed by atoms with Gasteiger partial charge in [0.05, 0.1) is 5.69 Å². The highest BCUT2D eigenvalue weighted by Crippen LogP contribution is 2.14. The van der Waals surface area contributed by atoms with Crippen LogP contribution in [0.5, 0.6) is 0 Å². The Bertz CT molecular complexity index is 237. The molecule has 0 unspecified atom stereocenters. The SMILES string of the molecule is Cc1cc2n(n1)CCCCCC2. The van der Waals surface area contributed by atoms with Crippen molar-refractivity contribution in [3.05, 3.63) is 17.5 Å². The van der Waals surface area contributed by atoms with Crippen molar-refractivity contribution < 1.29 is 0 Å². The first-order chi connectivity index (χ1) is 5.86. The fourth-order valence-electron chi connectivity index (χ4n) is 1.92. The average Bonchev–Trinajstić information content (AvgIpc) is 2.32. The van der Waals surface area contributed by atoms with E-state index >= 15 is 0 Å². The number of aromatic nitrogens is 2. The van der Waals surface area contributed by atoms with Gasteiger partial charge in [0, 0.05) is 12.2 Å². The minimum atomic E-state index is 1.13. The molecule has 0 amide bonds. The lowest BCUT2D eigenvalue weighted by Crippen LogP contribution is -2.07. The van der Waals surface area contributed by atoms with Crippen LogP contribution in [0.3, 0.4) is 0 Å². The highest BCUT2D eigenvalue weighted by molar-refractivity contribution is 5.09. The predicted molar refractivity (Wildman–Crippen MR) is 49.1 cm³/mol. The third kappa shape index (κ3) is 1.52. The molecule has 0 aromatic carbocycles. The summed E-state index contributed by atoms with van der Waals surface area (Å²) in [4.78, 5) is 0. The van der Waals surface area contributed by atoms with E-state index < -0.39 is 0 Å². The van der Waals surface area contributed by atoms with Gasteiger partial charge in [-0.15, -0.1) is 0 Å². The molecule has 1 aromatic heterocycles. The molecular formula is C10H16N2. The number of hydrogen-bond donors (Lipinski definition) is 0. The van der Waals surface area contributed by atoms with Crippen LogP contribution in [-0.2, 0) is 13.0 Å². The van der Waals surface area contributed by atoms with E-state index in [9.17, 15) is 0 Å². The molecule has 12 heavy (non-hydrogen) atoms. The van der Waals surface area contributed by atoms with E-state index in [0.29, 0.717) is 0 Å². The molecule has 1 aromatic rings. The van der Waals surface area contributed by atoms with E-state index in [1.54, 1.807) is 0 Å². The van der Waals surface area contributed by atoms with Crippen molar-refractivity contribution in [3.8, 4) is 0 Å². The van der Waals surface area contributed by atoms with Crippen molar-refractivity contribution in [1.82, 2.24) is 9.78 Å². The van der Waals surface area contributed by atoms with Gasteiger partial charge in [-0.1, -0.05) is 12.8 Å². The van der Waals surface area contributed by atoms with Gasteiger partial charge in [0.15, 0.2) is 0 Å². The Kier molecular flexibility index (Phi) is 2.15. The van der Waals surface area contributed by atoms with E-state index in [-0.39, 0.29) is 0 Å². The molecule has 1 aliphatic rings. The molecule has 2 heteroatoms. The van der Waals surface area contributed by atoms with E-state index in [1.807, 2.05) is 0 Å². The summed E-state index contributed by atoms with van der Waals surface area (Å²) in [5.74, 6) is 0. The van der Waals surface area contributed by atoms with Crippen LogP contribution < -0.4 is 0 Å². The molecule has 0 spiro atoms.